The maximum atomic E-state index is 12.5. The Morgan fingerprint density at radius 1 is 0.971 bits per heavy atom. The van der Waals surface area contributed by atoms with Gasteiger partial charge in [0.2, 0.25) is 5.91 Å². The number of hydrogen-bond donors (Lipinski definition) is 3. The molecule has 7 nitrogen and oxygen atoms in total. The Bertz CT molecular complexity index is 1130. The molecular formula is C28H32N4O3. The molecule has 2 aromatic rings. The summed E-state index contributed by atoms with van der Waals surface area (Å²) in [6, 6.07) is 17.7. The second-order valence-electron chi connectivity index (χ2n) is 9.17. The van der Waals surface area contributed by atoms with Crippen LogP contribution in [0.3, 0.4) is 0 Å². The SMILES string of the molecule is CCC(=O)N1c2ccccc2[C@H](NC2CC(NC(=O)C#CCNC(=O)c3ccccc3)C2)C[C@@H]1C. The molecule has 7 heteroatoms. The lowest BCUT2D eigenvalue weighted by molar-refractivity contribution is -0.119. The van der Waals surface area contributed by atoms with E-state index in [-0.39, 0.29) is 42.4 Å². The summed E-state index contributed by atoms with van der Waals surface area (Å²) in [6.07, 6.45) is 3.02. The van der Waals surface area contributed by atoms with E-state index in [1.807, 2.05) is 36.1 Å². The van der Waals surface area contributed by atoms with E-state index in [2.05, 4.69) is 40.8 Å². The van der Waals surface area contributed by atoms with E-state index >= 15 is 0 Å². The Balaban J connectivity index is 1.23. The van der Waals surface area contributed by atoms with Crippen molar-refractivity contribution in [3.05, 3.63) is 65.7 Å². The summed E-state index contributed by atoms with van der Waals surface area (Å²) >= 11 is 0. The molecule has 1 aliphatic heterocycles. The number of para-hydroxylation sites is 1. The summed E-state index contributed by atoms with van der Waals surface area (Å²) < 4.78 is 0. The lowest BCUT2D eigenvalue weighted by Crippen LogP contribution is -2.54. The first kappa shape index (κ1) is 24.5. The molecule has 1 heterocycles. The number of anilines is 1. The van der Waals surface area contributed by atoms with Crippen LogP contribution in [0.2, 0.25) is 0 Å². The molecule has 4 rings (SSSR count). The van der Waals surface area contributed by atoms with E-state index in [0.717, 1.165) is 30.5 Å². The zero-order valence-electron chi connectivity index (χ0n) is 20.2. The van der Waals surface area contributed by atoms with Crippen LogP contribution < -0.4 is 20.9 Å². The normalized spacial score (nSPS) is 22.6. The van der Waals surface area contributed by atoms with Gasteiger partial charge in [-0.1, -0.05) is 49.2 Å². The van der Waals surface area contributed by atoms with Crippen molar-refractivity contribution in [3.63, 3.8) is 0 Å². The smallest absolute Gasteiger partial charge is 0.296 e. The van der Waals surface area contributed by atoms with Crippen LogP contribution in [0.1, 0.15) is 61.5 Å². The first-order chi connectivity index (χ1) is 17.0. The molecule has 2 aliphatic rings. The molecule has 0 spiro atoms. The average molecular weight is 473 g/mol. The number of carbonyl (C=O) groups excluding carboxylic acids is 3. The van der Waals surface area contributed by atoms with E-state index in [0.29, 0.717) is 18.0 Å². The van der Waals surface area contributed by atoms with Gasteiger partial charge in [-0.25, -0.2) is 0 Å². The lowest BCUT2D eigenvalue weighted by Gasteiger charge is -2.44. The largest absolute Gasteiger partial charge is 0.342 e. The molecule has 3 N–H and O–H groups in total. The second kappa shape index (κ2) is 11.2. The summed E-state index contributed by atoms with van der Waals surface area (Å²) in [5.74, 6) is 4.87. The fraction of sp³-hybridized carbons (Fsp3) is 0.393. The predicted molar refractivity (Wildman–Crippen MR) is 136 cm³/mol. The highest BCUT2D eigenvalue weighted by atomic mass is 16.2. The number of rotatable bonds is 6. The quantitative estimate of drug-likeness (QED) is 0.564. The summed E-state index contributed by atoms with van der Waals surface area (Å²) in [5, 5.41) is 9.36. The topological polar surface area (TPSA) is 90.5 Å². The van der Waals surface area contributed by atoms with Crippen LogP contribution in [0.5, 0.6) is 0 Å². The van der Waals surface area contributed by atoms with E-state index in [4.69, 9.17) is 0 Å². The van der Waals surface area contributed by atoms with E-state index in [9.17, 15) is 14.4 Å². The molecular weight excluding hydrogens is 440 g/mol. The average Bonchev–Trinajstić information content (AvgIpc) is 2.85. The van der Waals surface area contributed by atoms with Crippen molar-refractivity contribution < 1.29 is 14.4 Å². The number of carbonyl (C=O) groups is 3. The van der Waals surface area contributed by atoms with Crippen molar-refractivity contribution in [1.29, 1.82) is 0 Å². The molecule has 0 bridgehead atoms. The van der Waals surface area contributed by atoms with Gasteiger partial charge in [0, 0.05) is 41.8 Å². The fourth-order valence-corrected chi connectivity index (χ4v) is 4.84. The third kappa shape index (κ3) is 5.90. The Hall–Kier alpha value is -3.63. The van der Waals surface area contributed by atoms with Crippen LogP contribution in [0, 0.1) is 11.8 Å². The molecule has 2 aromatic carbocycles. The van der Waals surface area contributed by atoms with Gasteiger partial charge in [0.15, 0.2) is 0 Å². The highest BCUT2D eigenvalue weighted by molar-refractivity contribution is 5.96. The zero-order chi connectivity index (χ0) is 24.8. The Kier molecular flexibility index (Phi) is 7.84. The van der Waals surface area contributed by atoms with Crippen molar-refractivity contribution in [2.24, 2.45) is 0 Å². The molecule has 2 atom stereocenters. The number of nitrogens with zero attached hydrogens (tertiary/aromatic N) is 1. The number of amides is 3. The van der Waals surface area contributed by atoms with Crippen LogP contribution in [-0.4, -0.2) is 42.4 Å². The number of benzene rings is 2. The van der Waals surface area contributed by atoms with Crippen molar-refractivity contribution in [2.45, 2.75) is 63.7 Å². The van der Waals surface area contributed by atoms with Crippen molar-refractivity contribution in [1.82, 2.24) is 16.0 Å². The minimum absolute atomic E-state index is 0.0858. The maximum absolute atomic E-state index is 12.5. The van der Waals surface area contributed by atoms with Gasteiger partial charge in [-0.3, -0.25) is 14.4 Å². The second-order valence-corrected chi connectivity index (χ2v) is 9.17. The fourth-order valence-electron chi connectivity index (χ4n) is 4.84. The highest BCUT2D eigenvalue weighted by Gasteiger charge is 2.37. The van der Waals surface area contributed by atoms with Crippen LogP contribution in [0.15, 0.2) is 54.6 Å². The molecule has 35 heavy (non-hydrogen) atoms. The van der Waals surface area contributed by atoms with Gasteiger partial charge in [-0.05, 0) is 55.9 Å². The summed E-state index contributed by atoms with van der Waals surface area (Å²) in [5.41, 5.74) is 2.71. The van der Waals surface area contributed by atoms with E-state index in [1.165, 1.54) is 0 Å². The number of nitrogens with one attached hydrogen (secondary N) is 3. The van der Waals surface area contributed by atoms with Crippen molar-refractivity contribution >= 4 is 23.4 Å². The first-order valence-corrected chi connectivity index (χ1v) is 12.3. The third-order valence-corrected chi connectivity index (χ3v) is 6.65. The van der Waals surface area contributed by atoms with Gasteiger partial charge in [0.25, 0.3) is 11.8 Å². The minimum atomic E-state index is -0.326. The lowest BCUT2D eigenvalue weighted by atomic mass is 9.83. The summed E-state index contributed by atoms with van der Waals surface area (Å²) in [7, 11) is 0. The van der Waals surface area contributed by atoms with Crippen LogP contribution >= 0.6 is 0 Å². The molecule has 1 fully saturated rings. The van der Waals surface area contributed by atoms with Crippen LogP contribution in [0.25, 0.3) is 0 Å². The van der Waals surface area contributed by atoms with Gasteiger partial charge in [0.1, 0.15) is 0 Å². The molecule has 1 saturated carbocycles. The molecule has 0 aromatic heterocycles. The van der Waals surface area contributed by atoms with Crippen molar-refractivity contribution in [2.75, 3.05) is 11.4 Å². The Labute approximate surface area is 206 Å². The monoisotopic (exact) mass is 472 g/mol. The highest BCUT2D eigenvalue weighted by Crippen LogP contribution is 2.38. The number of fused-ring (bicyclic) bond motifs is 1. The summed E-state index contributed by atoms with van der Waals surface area (Å²) in [6.45, 7) is 4.12. The summed E-state index contributed by atoms with van der Waals surface area (Å²) in [4.78, 5) is 38.6. The van der Waals surface area contributed by atoms with Gasteiger partial charge in [-0.2, -0.15) is 0 Å². The number of hydrogen-bond acceptors (Lipinski definition) is 4. The Morgan fingerprint density at radius 2 is 1.69 bits per heavy atom. The third-order valence-electron chi connectivity index (χ3n) is 6.65. The van der Waals surface area contributed by atoms with E-state index < -0.39 is 0 Å². The van der Waals surface area contributed by atoms with Crippen LogP contribution in [0.4, 0.5) is 5.69 Å². The first-order valence-electron chi connectivity index (χ1n) is 12.3. The van der Waals surface area contributed by atoms with Gasteiger partial charge in [-0.15, -0.1) is 0 Å². The van der Waals surface area contributed by atoms with Gasteiger partial charge >= 0.3 is 0 Å². The molecule has 0 radical (unpaired) electrons. The molecule has 0 saturated heterocycles. The minimum Gasteiger partial charge on any atom is -0.342 e. The molecule has 1 aliphatic carbocycles. The zero-order valence-corrected chi connectivity index (χ0v) is 20.2. The molecule has 3 amide bonds. The maximum Gasteiger partial charge on any atom is 0.296 e. The van der Waals surface area contributed by atoms with Crippen LogP contribution in [-0.2, 0) is 9.59 Å². The predicted octanol–water partition coefficient (Wildman–Crippen LogP) is 2.93. The van der Waals surface area contributed by atoms with E-state index in [1.54, 1.807) is 24.3 Å². The molecule has 0 unspecified atom stereocenters. The van der Waals surface area contributed by atoms with Gasteiger partial charge < -0.3 is 20.9 Å². The van der Waals surface area contributed by atoms with Gasteiger partial charge in [0.05, 0.1) is 6.54 Å². The van der Waals surface area contributed by atoms with Crippen molar-refractivity contribution in [3.8, 4) is 11.8 Å². The Morgan fingerprint density at radius 3 is 2.43 bits per heavy atom. The standard InChI is InChI=1S/C28H32N4O3/c1-3-27(34)32-19(2)16-24(23-12-7-8-13-25(23)32)30-21-17-22(18-21)31-26(33)14-9-15-29-28(35)20-10-5-4-6-11-20/h4-8,10-13,19,21-22,24,30H,3,15-18H2,1-2H3,(H,29,35)(H,31,33)/t19-,21?,22?,24+/m0/s1. The molecule has 182 valence electrons.